The average Bonchev–Trinajstić information content (AvgIpc) is 2.28. The van der Waals surface area contributed by atoms with Crippen LogP contribution in [0.15, 0.2) is 63.2 Å². The molecule has 0 aliphatic rings. The standard InChI is InChI=1S/C13H13NO2S2/c1-18(15,16)13-7-5-11(6-8-13)17-12-4-2-3-10(14)9-12/h2-9H,14H2,1H3. The first kappa shape index (κ1) is 13.0. The molecule has 0 amide bonds. The molecule has 94 valence electrons. The zero-order valence-corrected chi connectivity index (χ0v) is 11.5. The van der Waals surface area contributed by atoms with Gasteiger partial charge in [0.15, 0.2) is 9.84 Å². The van der Waals surface area contributed by atoms with Gasteiger partial charge in [-0.3, -0.25) is 0 Å². The highest BCUT2D eigenvalue weighted by Gasteiger charge is 2.06. The fraction of sp³-hybridized carbons (Fsp3) is 0.0769. The largest absolute Gasteiger partial charge is 0.399 e. The summed E-state index contributed by atoms with van der Waals surface area (Å²) in [6.07, 6.45) is 1.20. The van der Waals surface area contributed by atoms with Crippen molar-refractivity contribution >= 4 is 27.3 Å². The van der Waals surface area contributed by atoms with E-state index in [9.17, 15) is 8.42 Å². The molecule has 0 unspecified atom stereocenters. The molecular formula is C13H13NO2S2. The first-order chi connectivity index (χ1) is 8.45. The van der Waals surface area contributed by atoms with Crippen molar-refractivity contribution in [3.8, 4) is 0 Å². The molecule has 0 saturated heterocycles. The van der Waals surface area contributed by atoms with Crippen LogP contribution in [-0.4, -0.2) is 14.7 Å². The maximum atomic E-state index is 11.3. The maximum Gasteiger partial charge on any atom is 0.175 e. The van der Waals surface area contributed by atoms with Gasteiger partial charge in [0.05, 0.1) is 4.90 Å². The molecule has 0 radical (unpaired) electrons. The summed E-state index contributed by atoms with van der Waals surface area (Å²) in [5.41, 5.74) is 6.42. The minimum absolute atomic E-state index is 0.333. The number of rotatable bonds is 3. The highest BCUT2D eigenvalue weighted by Crippen LogP contribution is 2.29. The molecule has 18 heavy (non-hydrogen) atoms. The zero-order chi connectivity index (χ0) is 13.2. The number of sulfone groups is 1. The molecule has 0 aromatic heterocycles. The summed E-state index contributed by atoms with van der Waals surface area (Å²) >= 11 is 1.55. The van der Waals surface area contributed by atoms with Crippen LogP contribution in [0.3, 0.4) is 0 Å². The Hall–Kier alpha value is -1.46. The summed E-state index contributed by atoms with van der Waals surface area (Å²) in [5.74, 6) is 0. The average molecular weight is 279 g/mol. The first-order valence-electron chi connectivity index (χ1n) is 5.29. The summed E-state index contributed by atoms with van der Waals surface area (Å²) in [7, 11) is -3.13. The van der Waals surface area contributed by atoms with Gasteiger partial charge in [0.25, 0.3) is 0 Å². The van der Waals surface area contributed by atoms with Crippen LogP contribution in [-0.2, 0) is 9.84 Å². The van der Waals surface area contributed by atoms with Crippen LogP contribution >= 0.6 is 11.8 Å². The van der Waals surface area contributed by atoms with E-state index >= 15 is 0 Å². The first-order valence-corrected chi connectivity index (χ1v) is 7.99. The molecule has 0 aliphatic heterocycles. The smallest absolute Gasteiger partial charge is 0.175 e. The Bertz CT molecular complexity index is 649. The van der Waals surface area contributed by atoms with Gasteiger partial charge >= 0.3 is 0 Å². The van der Waals surface area contributed by atoms with Gasteiger partial charge in [0.1, 0.15) is 0 Å². The lowest BCUT2D eigenvalue weighted by atomic mass is 10.3. The van der Waals surface area contributed by atoms with Gasteiger partial charge in [-0.1, -0.05) is 17.8 Å². The van der Waals surface area contributed by atoms with Crippen LogP contribution in [0.25, 0.3) is 0 Å². The van der Waals surface area contributed by atoms with Gasteiger partial charge in [0.2, 0.25) is 0 Å². The molecule has 0 heterocycles. The number of nitrogen functional groups attached to an aromatic ring is 1. The van der Waals surface area contributed by atoms with E-state index < -0.39 is 9.84 Å². The topological polar surface area (TPSA) is 60.2 Å². The Morgan fingerprint density at radius 2 is 1.67 bits per heavy atom. The number of nitrogens with two attached hydrogens (primary N) is 1. The van der Waals surface area contributed by atoms with E-state index in [1.54, 1.807) is 36.0 Å². The second-order valence-corrected chi connectivity index (χ2v) is 7.08. The molecule has 2 aromatic carbocycles. The van der Waals surface area contributed by atoms with Gasteiger partial charge in [-0.15, -0.1) is 0 Å². The summed E-state index contributed by atoms with van der Waals surface area (Å²) in [5, 5.41) is 0. The lowest BCUT2D eigenvalue weighted by molar-refractivity contribution is 0.602. The third kappa shape index (κ3) is 3.27. The van der Waals surface area contributed by atoms with Crippen molar-refractivity contribution in [2.45, 2.75) is 14.7 Å². The molecule has 2 aromatic rings. The number of hydrogen-bond donors (Lipinski definition) is 1. The molecule has 0 saturated carbocycles. The highest BCUT2D eigenvalue weighted by molar-refractivity contribution is 7.99. The third-order valence-corrected chi connectivity index (χ3v) is 4.47. The van der Waals surface area contributed by atoms with Crippen molar-refractivity contribution in [3.05, 3.63) is 48.5 Å². The zero-order valence-electron chi connectivity index (χ0n) is 9.83. The Morgan fingerprint density at radius 3 is 2.22 bits per heavy atom. The van der Waals surface area contributed by atoms with Crippen molar-refractivity contribution in [1.29, 1.82) is 0 Å². The normalized spacial score (nSPS) is 11.4. The minimum Gasteiger partial charge on any atom is -0.399 e. The predicted octanol–water partition coefficient (Wildman–Crippen LogP) is 2.82. The molecule has 2 rings (SSSR count). The van der Waals surface area contributed by atoms with Crippen LogP contribution in [0.5, 0.6) is 0 Å². The fourth-order valence-electron chi connectivity index (χ4n) is 1.47. The Morgan fingerprint density at radius 1 is 1.00 bits per heavy atom. The Labute approximate surface area is 111 Å². The van der Waals surface area contributed by atoms with E-state index in [4.69, 9.17) is 5.73 Å². The monoisotopic (exact) mass is 279 g/mol. The summed E-state index contributed by atoms with van der Waals surface area (Å²) in [6, 6.07) is 14.4. The van der Waals surface area contributed by atoms with Gasteiger partial charge in [-0.05, 0) is 42.5 Å². The lowest BCUT2D eigenvalue weighted by Gasteiger charge is -2.04. The molecule has 0 fully saturated rings. The minimum atomic E-state index is -3.13. The van der Waals surface area contributed by atoms with E-state index in [1.165, 1.54) is 6.26 Å². The van der Waals surface area contributed by atoms with Crippen molar-refractivity contribution in [3.63, 3.8) is 0 Å². The summed E-state index contributed by atoms with van der Waals surface area (Å²) in [6.45, 7) is 0. The Balaban J connectivity index is 2.21. The second kappa shape index (κ2) is 5.04. The molecule has 0 bridgehead atoms. The van der Waals surface area contributed by atoms with Crippen molar-refractivity contribution < 1.29 is 8.42 Å². The van der Waals surface area contributed by atoms with Gasteiger partial charge in [-0.2, -0.15) is 0 Å². The van der Waals surface area contributed by atoms with Gasteiger partial charge in [0, 0.05) is 21.7 Å². The third-order valence-electron chi connectivity index (χ3n) is 2.35. The van der Waals surface area contributed by atoms with E-state index in [2.05, 4.69) is 0 Å². The van der Waals surface area contributed by atoms with E-state index in [0.29, 0.717) is 10.6 Å². The van der Waals surface area contributed by atoms with Crippen LogP contribution in [0.2, 0.25) is 0 Å². The van der Waals surface area contributed by atoms with Crippen molar-refractivity contribution in [2.24, 2.45) is 0 Å². The molecule has 0 aliphatic carbocycles. The van der Waals surface area contributed by atoms with E-state index in [-0.39, 0.29) is 0 Å². The number of hydrogen-bond acceptors (Lipinski definition) is 4. The second-order valence-electron chi connectivity index (χ2n) is 3.92. The SMILES string of the molecule is CS(=O)(=O)c1ccc(Sc2cccc(N)c2)cc1. The summed E-state index contributed by atoms with van der Waals surface area (Å²) in [4.78, 5) is 2.34. The molecule has 0 atom stereocenters. The van der Waals surface area contributed by atoms with Crippen LogP contribution in [0.4, 0.5) is 5.69 Å². The fourth-order valence-corrected chi connectivity index (χ4v) is 2.99. The van der Waals surface area contributed by atoms with Gasteiger partial charge < -0.3 is 5.73 Å². The van der Waals surface area contributed by atoms with Crippen molar-refractivity contribution in [2.75, 3.05) is 12.0 Å². The molecule has 2 N–H and O–H groups in total. The number of benzene rings is 2. The van der Waals surface area contributed by atoms with Crippen LogP contribution in [0, 0.1) is 0 Å². The molecule has 0 spiro atoms. The van der Waals surface area contributed by atoms with E-state index in [1.807, 2.05) is 24.3 Å². The number of anilines is 1. The highest BCUT2D eigenvalue weighted by atomic mass is 32.2. The van der Waals surface area contributed by atoms with Crippen LogP contribution < -0.4 is 5.73 Å². The molecular weight excluding hydrogens is 266 g/mol. The van der Waals surface area contributed by atoms with Crippen molar-refractivity contribution in [1.82, 2.24) is 0 Å². The quantitative estimate of drug-likeness (QED) is 0.878. The Kier molecular flexibility index (Phi) is 3.63. The molecule has 3 nitrogen and oxygen atoms in total. The maximum absolute atomic E-state index is 11.3. The lowest BCUT2D eigenvalue weighted by Crippen LogP contribution is -1.95. The van der Waals surface area contributed by atoms with E-state index in [0.717, 1.165) is 9.79 Å². The van der Waals surface area contributed by atoms with Gasteiger partial charge in [-0.25, -0.2) is 8.42 Å². The summed E-state index contributed by atoms with van der Waals surface area (Å²) < 4.78 is 22.6. The molecule has 5 heteroatoms. The predicted molar refractivity (Wildman–Crippen MR) is 74.5 cm³/mol. The van der Waals surface area contributed by atoms with Crippen LogP contribution in [0.1, 0.15) is 0 Å².